The molecule has 1 aromatic carbocycles. The Bertz CT molecular complexity index is 2010. The second kappa shape index (κ2) is 15.5. The molecule has 1 aromatic heterocycles. The van der Waals surface area contributed by atoms with Gasteiger partial charge in [0.15, 0.2) is 0 Å². The number of aromatic nitrogens is 1. The molecule has 0 radical (unpaired) electrons. The smallest absolute Gasteiger partial charge is 0.408 e. The van der Waals surface area contributed by atoms with E-state index in [4.69, 9.17) is 14.2 Å². The first-order valence-corrected chi connectivity index (χ1v) is 21.3. The molecule has 2 aliphatic carbocycles. The summed E-state index contributed by atoms with van der Waals surface area (Å²) in [5, 5.41) is 7.27. The number of ether oxygens (including phenoxy) is 3. The van der Waals surface area contributed by atoms with E-state index in [-0.39, 0.29) is 47.5 Å². The minimum absolute atomic E-state index is 0. The van der Waals surface area contributed by atoms with Crippen LogP contribution in [0.1, 0.15) is 105 Å². The molecular formula is C41H63N5O9S. The van der Waals surface area contributed by atoms with Crippen LogP contribution in [-0.4, -0.2) is 88.8 Å². The molecule has 14 nitrogen and oxygen atoms in total. The van der Waals surface area contributed by atoms with Crippen molar-refractivity contribution < 1.29 is 46.1 Å². The number of allylic oxidation sites excluding steroid dienone is 1. The molecule has 2 saturated carbocycles. The molecule has 4 aliphatic rings. The van der Waals surface area contributed by atoms with Crippen LogP contribution in [0.2, 0.25) is 0 Å². The number of hydrogen-bond acceptors (Lipinski definition) is 10. The lowest BCUT2D eigenvalue weighted by atomic mass is 9.88. The van der Waals surface area contributed by atoms with E-state index >= 15 is 0 Å². The van der Waals surface area contributed by atoms with E-state index in [0.29, 0.717) is 36.9 Å². The fraction of sp³-hybridized carbons (Fsp3) is 0.634. The molecule has 4 amide bonds. The monoisotopic (exact) mass is 801 g/mol. The van der Waals surface area contributed by atoms with Gasteiger partial charge in [0.25, 0.3) is 5.91 Å². The molecule has 0 bridgehead atoms. The molecule has 3 fully saturated rings. The first-order valence-electron chi connectivity index (χ1n) is 19.8. The van der Waals surface area contributed by atoms with Crippen molar-refractivity contribution >= 4 is 44.6 Å². The summed E-state index contributed by atoms with van der Waals surface area (Å²) in [6.07, 6.45) is 5.32. The highest BCUT2D eigenvalue weighted by atomic mass is 32.2. The van der Waals surface area contributed by atoms with Gasteiger partial charge in [0.05, 0.1) is 17.4 Å². The van der Waals surface area contributed by atoms with Crippen molar-refractivity contribution in [1.29, 1.82) is 0 Å². The van der Waals surface area contributed by atoms with Crippen molar-refractivity contribution in [2.24, 2.45) is 17.8 Å². The van der Waals surface area contributed by atoms with Gasteiger partial charge in [-0.25, -0.2) is 13.2 Å². The summed E-state index contributed by atoms with van der Waals surface area (Å²) in [6.45, 7) is 14.5. The standard InChI is InChI=1S/C41H57N5O9S.3H2/c1-24(2)53-32-20-27-14-10-12-16-30(27)35(42-32)54-29-21-31-34(47)44-41(37(49)45-56(51,52)40(8)17-18-40)22-28(41)15-11-9-13-25(3)19-26(4)33(36(48)46(31)23-29)43-38(50)55-39(5,6)7;;;/h10-12,14-16,20,24-26,28-29,31,33H,9,13,17-19,21-23H2,1-8H3,(H,43,50)(H,44,47)(H,45,49);3*1H/b15-11-;;;/t25-,26+,28+,29+,31-,33-,41+;;;/m0.../s1. The number of nitrogens with one attached hydrogen (secondary N) is 3. The number of benzene rings is 1. The summed E-state index contributed by atoms with van der Waals surface area (Å²) in [4.78, 5) is 62.7. The second-order valence-corrected chi connectivity index (χ2v) is 19.9. The van der Waals surface area contributed by atoms with Crippen molar-refractivity contribution in [2.45, 2.75) is 141 Å². The minimum atomic E-state index is -4.00. The third-order valence-electron chi connectivity index (χ3n) is 11.2. The molecule has 1 saturated heterocycles. The number of sulfonamides is 1. The fourth-order valence-corrected chi connectivity index (χ4v) is 9.04. The Morgan fingerprint density at radius 3 is 2.50 bits per heavy atom. The number of alkyl carbamates (subject to hydrolysis) is 1. The Morgan fingerprint density at radius 2 is 1.82 bits per heavy atom. The van der Waals surface area contributed by atoms with Gasteiger partial charge in [-0.2, -0.15) is 4.98 Å². The molecule has 0 spiro atoms. The Morgan fingerprint density at radius 1 is 1.11 bits per heavy atom. The molecule has 3 heterocycles. The van der Waals surface area contributed by atoms with Crippen LogP contribution in [0.15, 0.2) is 42.5 Å². The average molecular weight is 802 g/mol. The van der Waals surface area contributed by atoms with Gasteiger partial charge in [-0.3, -0.25) is 19.1 Å². The number of carbonyl (C=O) groups is 4. The maximum absolute atomic E-state index is 14.8. The molecule has 2 aliphatic heterocycles. The summed E-state index contributed by atoms with van der Waals surface area (Å²) < 4.78 is 45.7. The zero-order valence-corrected chi connectivity index (χ0v) is 34.5. The molecule has 56 heavy (non-hydrogen) atoms. The third kappa shape index (κ3) is 9.08. The van der Waals surface area contributed by atoms with Gasteiger partial charge in [-0.15, -0.1) is 0 Å². The van der Waals surface area contributed by atoms with E-state index in [1.807, 2.05) is 63.3 Å². The van der Waals surface area contributed by atoms with Gasteiger partial charge in [-0.1, -0.05) is 44.2 Å². The van der Waals surface area contributed by atoms with Crippen LogP contribution in [0.4, 0.5) is 4.79 Å². The first kappa shape index (κ1) is 41.2. The van der Waals surface area contributed by atoms with Crippen LogP contribution in [0.5, 0.6) is 11.8 Å². The maximum atomic E-state index is 14.8. The topological polar surface area (TPSA) is 182 Å². The van der Waals surface area contributed by atoms with Crippen LogP contribution in [-0.2, 0) is 29.1 Å². The van der Waals surface area contributed by atoms with E-state index in [0.717, 1.165) is 11.8 Å². The quantitative estimate of drug-likeness (QED) is 0.273. The predicted octanol–water partition coefficient (Wildman–Crippen LogP) is 5.89. The average Bonchev–Trinajstić information content (AvgIpc) is 3.97. The summed E-state index contributed by atoms with van der Waals surface area (Å²) in [5.74, 6) is -1.96. The van der Waals surface area contributed by atoms with Crippen LogP contribution in [0, 0.1) is 17.8 Å². The summed E-state index contributed by atoms with van der Waals surface area (Å²) in [6, 6.07) is 7.16. The SMILES string of the molecule is CC(C)Oc1cc2ccccc2c(O[C@@H]2C[C@H]3C(=O)N[C@]4(C(=O)NS(=O)(=O)C5(C)CC5)C[C@H]4/C=C\CC[C@H](C)C[C@@H](C)[C@H](NC(=O)OC(C)(C)C)C(=O)N3C2)n1.[HH].[HH].[HH]. The molecule has 312 valence electrons. The number of rotatable bonds is 8. The molecule has 6 rings (SSSR count). The molecule has 15 heteroatoms. The second-order valence-electron chi connectivity index (χ2n) is 17.7. The van der Waals surface area contributed by atoms with Crippen LogP contribution >= 0.6 is 0 Å². The molecule has 0 unspecified atom stereocenters. The number of fused-ring (bicyclic) bond motifs is 3. The Labute approximate surface area is 334 Å². The van der Waals surface area contributed by atoms with Gasteiger partial charge in [0.1, 0.15) is 29.3 Å². The van der Waals surface area contributed by atoms with E-state index in [9.17, 15) is 27.6 Å². The van der Waals surface area contributed by atoms with Crippen molar-refractivity contribution in [3.05, 3.63) is 42.5 Å². The van der Waals surface area contributed by atoms with Crippen molar-refractivity contribution in [3.8, 4) is 11.8 Å². The minimum Gasteiger partial charge on any atom is -0.475 e. The van der Waals surface area contributed by atoms with Gasteiger partial charge >= 0.3 is 6.09 Å². The third-order valence-corrected chi connectivity index (χ3v) is 13.4. The summed E-state index contributed by atoms with van der Waals surface area (Å²) in [5.41, 5.74) is -2.36. The molecule has 7 atom stereocenters. The molecule has 3 N–H and O–H groups in total. The largest absolute Gasteiger partial charge is 0.475 e. The van der Waals surface area contributed by atoms with E-state index < -0.39 is 73.8 Å². The number of hydrogen-bond donors (Lipinski definition) is 3. The van der Waals surface area contributed by atoms with Crippen LogP contribution in [0.25, 0.3) is 10.8 Å². The predicted molar refractivity (Wildman–Crippen MR) is 217 cm³/mol. The number of carbonyl (C=O) groups excluding carboxylic acids is 4. The lowest BCUT2D eigenvalue weighted by Crippen LogP contribution is -2.59. The summed E-state index contributed by atoms with van der Waals surface area (Å²) in [7, 11) is -4.00. The van der Waals surface area contributed by atoms with E-state index in [2.05, 4.69) is 27.3 Å². The summed E-state index contributed by atoms with van der Waals surface area (Å²) >= 11 is 0. The highest BCUT2D eigenvalue weighted by Gasteiger charge is 2.63. The van der Waals surface area contributed by atoms with Gasteiger partial charge in [-0.05, 0) is 103 Å². The Kier molecular flexibility index (Phi) is 11.4. The van der Waals surface area contributed by atoms with Crippen molar-refractivity contribution in [2.75, 3.05) is 6.54 Å². The van der Waals surface area contributed by atoms with Crippen LogP contribution in [0.3, 0.4) is 0 Å². The number of pyridine rings is 1. The van der Waals surface area contributed by atoms with Gasteiger partial charge < -0.3 is 29.7 Å². The lowest BCUT2D eigenvalue weighted by Gasteiger charge is -2.33. The van der Waals surface area contributed by atoms with Crippen molar-refractivity contribution in [3.63, 3.8) is 0 Å². The number of nitrogens with zero attached hydrogens (tertiary/aromatic N) is 2. The first-order chi connectivity index (χ1) is 26.2. The zero-order valence-electron chi connectivity index (χ0n) is 33.7. The lowest BCUT2D eigenvalue weighted by molar-refractivity contribution is -0.142. The highest BCUT2D eigenvalue weighted by molar-refractivity contribution is 7.91. The molecular weight excluding hydrogens is 739 g/mol. The maximum Gasteiger partial charge on any atom is 0.408 e. The fourth-order valence-electron chi connectivity index (χ4n) is 7.72. The van der Waals surface area contributed by atoms with Gasteiger partial charge in [0.2, 0.25) is 33.6 Å². The Balaban J connectivity index is 0.00000310. The highest BCUT2D eigenvalue weighted by Crippen LogP contribution is 2.47. The van der Waals surface area contributed by atoms with Crippen LogP contribution < -0.4 is 24.8 Å². The van der Waals surface area contributed by atoms with E-state index in [1.54, 1.807) is 27.7 Å². The Hall–Kier alpha value is -4.40. The van der Waals surface area contributed by atoms with E-state index in [1.165, 1.54) is 4.90 Å². The number of amides is 4. The zero-order chi connectivity index (χ0) is 40.8. The van der Waals surface area contributed by atoms with Crippen molar-refractivity contribution in [1.82, 2.24) is 25.2 Å². The molecule has 2 aromatic rings. The normalized spacial score (nSPS) is 29.8. The van der Waals surface area contributed by atoms with Gasteiger partial charge in [0, 0.05) is 28.1 Å².